The van der Waals surface area contributed by atoms with Crippen molar-refractivity contribution < 1.29 is 19.0 Å². The van der Waals surface area contributed by atoms with E-state index in [9.17, 15) is 4.79 Å². The summed E-state index contributed by atoms with van der Waals surface area (Å²) in [6.07, 6.45) is 7.28. The van der Waals surface area contributed by atoms with Crippen LogP contribution >= 0.6 is 0 Å². The first-order valence-corrected chi connectivity index (χ1v) is 9.31. The van der Waals surface area contributed by atoms with Crippen LogP contribution in [0.25, 0.3) is 0 Å². The number of pyridine rings is 1. The second-order valence-corrected chi connectivity index (χ2v) is 7.04. The molecule has 0 saturated carbocycles. The third-order valence-electron chi connectivity index (χ3n) is 5.49. The number of benzene rings is 1. The molecule has 0 aliphatic carbocycles. The van der Waals surface area contributed by atoms with Gasteiger partial charge in [-0.05, 0) is 37.1 Å². The molecule has 2 aromatic rings. The summed E-state index contributed by atoms with van der Waals surface area (Å²) in [6, 6.07) is 9.61. The van der Waals surface area contributed by atoms with Crippen molar-refractivity contribution in [2.45, 2.75) is 43.9 Å². The van der Waals surface area contributed by atoms with Crippen molar-refractivity contribution >= 4 is 5.91 Å². The van der Waals surface area contributed by atoms with Crippen molar-refractivity contribution in [1.29, 1.82) is 0 Å². The molecule has 2 bridgehead atoms. The third-order valence-corrected chi connectivity index (χ3v) is 5.49. The largest absolute Gasteiger partial charge is 0.493 e. The minimum Gasteiger partial charge on any atom is -0.493 e. The minimum absolute atomic E-state index is 0.0121. The maximum atomic E-state index is 13.3. The monoisotopic (exact) mass is 368 g/mol. The Morgan fingerprint density at radius 3 is 2.48 bits per heavy atom. The lowest BCUT2D eigenvalue weighted by Crippen LogP contribution is -2.49. The number of amides is 1. The maximum absolute atomic E-state index is 13.3. The third kappa shape index (κ3) is 3.31. The average molecular weight is 368 g/mol. The Bertz CT molecular complexity index is 797. The van der Waals surface area contributed by atoms with Crippen LogP contribution in [0.1, 0.15) is 36.0 Å². The van der Waals surface area contributed by atoms with E-state index in [-0.39, 0.29) is 24.1 Å². The second kappa shape index (κ2) is 7.47. The number of carbonyl (C=O) groups is 1. The Kier molecular flexibility index (Phi) is 4.88. The Hall–Kier alpha value is -2.76. The molecule has 2 aliphatic rings. The van der Waals surface area contributed by atoms with Gasteiger partial charge >= 0.3 is 0 Å². The number of rotatable bonds is 5. The fourth-order valence-corrected chi connectivity index (χ4v) is 4.36. The first-order valence-electron chi connectivity index (χ1n) is 9.31. The number of hydrogen-bond donors (Lipinski definition) is 0. The normalized spacial score (nSPS) is 23.8. The van der Waals surface area contributed by atoms with Gasteiger partial charge in [0.15, 0.2) is 11.5 Å². The maximum Gasteiger partial charge on any atom is 0.258 e. The highest BCUT2D eigenvalue weighted by Gasteiger charge is 2.44. The fraction of sp³-hybridized carbons (Fsp3) is 0.429. The quantitative estimate of drug-likeness (QED) is 0.810. The van der Waals surface area contributed by atoms with Gasteiger partial charge in [-0.1, -0.05) is 6.07 Å². The molecular weight excluding hydrogens is 344 g/mol. The molecule has 0 spiro atoms. The van der Waals surface area contributed by atoms with E-state index in [1.165, 1.54) is 0 Å². The van der Waals surface area contributed by atoms with Crippen molar-refractivity contribution in [1.82, 2.24) is 9.88 Å². The van der Waals surface area contributed by atoms with Gasteiger partial charge in [-0.2, -0.15) is 0 Å². The number of hydrogen-bond acceptors (Lipinski definition) is 5. The van der Waals surface area contributed by atoms with Crippen molar-refractivity contribution in [2.75, 3.05) is 14.2 Å². The highest BCUT2D eigenvalue weighted by molar-refractivity contribution is 5.98. The number of methoxy groups -OCH3 is 2. The van der Waals surface area contributed by atoms with Crippen LogP contribution in [0.15, 0.2) is 42.7 Å². The first kappa shape index (κ1) is 17.6. The first-order chi connectivity index (χ1) is 13.2. The summed E-state index contributed by atoms with van der Waals surface area (Å²) in [7, 11) is 3.15. The van der Waals surface area contributed by atoms with Crippen molar-refractivity contribution in [3.05, 3.63) is 48.3 Å². The van der Waals surface area contributed by atoms with Gasteiger partial charge < -0.3 is 19.1 Å². The van der Waals surface area contributed by atoms with Crippen LogP contribution in [0.5, 0.6) is 17.2 Å². The average Bonchev–Trinajstić information content (AvgIpc) is 2.98. The van der Waals surface area contributed by atoms with E-state index in [0.29, 0.717) is 17.1 Å². The summed E-state index contributed by atoms with van der Waals surface area (Å²) in [5.74, 6) is 1.87. The summed E-state index contributed by atoms with van der Waals surface area (Å²) in [4.78, 5) is 19.4. The SMILES string of the molecule is COc1cccc(C(=O)N2C3CCC2CC(Oc2cccnc2)C3)c1OC. The van der Waals surface area contributed by atoms with Crippen molar-refractivity contribution in [3.8, 4) is 17.2 Å². The number of nitrogens with zero attached hydrogens (tertiary/aromatic N) is 2. The Morgan fingerprint density at radius 2 is 1.85 bits per heavy atom. The lowest BCUT2D eigenvalue weighted by Gasteiger charge is -2.39. The molecule has 27 heavy (non-hydrogen) atoms. The molecule has 142 valence electrons. The van der Waals surface area contributed by atoms with E-state index < -0.39 is 0 Å². The van der Waals surface area contributed by atoms with Gasteiger partial charge in [0.2, 0.25) is 0 Å². The van der Waals surface area contributed by atoms with E-state index in [2.05, 4.69) is 4.98 Å². The zero-order valence-corrected chi connectivity index (χ0v) is 15.6. The summed E-state index contributed by atoms with van der Waals surface area (Å²) in [5, 5.41) is 0. The van der Waals surface area contributed by atoms with Gasteiger partial charge in [-0.15, -0.1) is 0 Å². The summed E-state index contributed by atoms with van der Waals surface area (Å²) in [5.41, 5.74) is 0.556. The van der Waals surface area contributed by atoms with Crippen LogP contribution in [-0.2, 0) is 0 Å². The predicted octanol–water partition coefficient (Wildman–Crippen LogP) is 3.31. The molecule has 1 amide bonds. The summed E-state index contributed by atoms with van der Waals surface area (Å²) >= 11 is 0. The van der Waals surface area contributed by atoms with Gasteiger partial charge in [0.05, 0.1) is 26.0 Å². The van der Waals surface area contributed by atoms with E-state index in [1.807, 2.05) is 23.1 Å². The molecule has 2 saturated heterocycles. The molecule has 3 heterocycles. The van der Waals surface area contributed by atoms with Crippen molar-refractivity contribution in [3.63, 3.8) is 0 Å². The lowest BCUT2D eigenvalue weighted by molar-refractivity contribution is 0.0355. The zero-order chi connectivity index (χ0) is 18.8. The zero-order valence-electron chi connectivity index (χ0n) is 15.6. The molecule has 6 heteroatoms. The molecule has 2 fully saturated rings. The van der Waals surface area contributed by atoms with Crippen LogP contribution in [0.3, 0.4) is 0 Å². The van der Waals surface area contributed by atoms with Crippen LogP contribution in [0.2, 0.25) is 0 Å². The number of carbonyl (C=O) groups excluding carboxylic acids is 1. The van der Waals surface area contributed by atoms with E-state index >= 15 is 0 Å². The Balaban J connectivity index is 1.52. The van der Waals surface area contributed by atoms with Crippen LogP contribution < -0.4 is 14.2 Å². The lowest BCUT2D eigenvalue weighted by atomic mass is 9.98. The number of para-hydroxylation sites is 1. The second-order valence-electron chi connectivity index (χ2n) is 7.04. The molecule has 1 aromatic heterocycles. The van der Waals surface area contributed by atoms with E-state index in [1.54, 1.807) is 38.7 Å². The predicted molar refractivity (Wildman–Crippen MR) is 100 cm³/mol. The Morgan fingerprint density at radius 1 is 1.07 bits per heavy atom. The molecule has 1 aromatic carbocycles. The number of piperidine rings is 1. The molecule has 0 radical (unpaired) electrons. The standard InChI is InChI=1S/C21H24N2O4/c1-25-19-7-3-6-18(20(19)26-2)21(24)23-14-8-9-15(23)12-17(11-14)27-16-5-4-10-22-13-16/h3-7,10,13-15,17H,8-9,11-12H2,1-2H3. The smallest absolute Gasteiger partial charge is 0.258 e. The number of ether oxygens (including phenoxy) is 3. The van der Waals surface area contributed by atoms with Gasteiger partial charge in [0.1, 0.15) is 11.9 Å². The van der Waals surface area contributed by atoms with Gasteiger partial charge in [-0.3, -0.25) is 9.78 Å². The van der Waals surface area contributed by atoms with Gasteiger partial charge in [0, 0.05) is 31.1 Å². The van der Waals surface area contributed by atoms with E-state index in [4.69, 9.17) is 14.2 Å². The molecule has 0 N–H and O–H groups in total. The van der Waals surface area contributed by atoms with Gasteiger partial charge in [-0.25, -0.2) is 0 Å². The van der Waals surface area contributed by atoms with Crippen LogP contribution in [-0.4, -0.2) is 48.2 Å². The molecule has 2 aliphatic heterocycles. The van der Waals surface area contributed by atoms with Crippen molar-refractivity contribution in [2.24, 2.45) is 0 Å². The summed E-state index contributed by atoms with van der Waals surface area (Å²) in [6.45, 7) is 0. The molecule has 2 atom stereocenters. The summed E-state index contributed by atoms with van der Waals surface area (Å²) < 4.78 is 16.9. The minimum atomic E-state index is 0.0121. The van der Waals surface area contributed by atoms with Crippen LogP contribution in [0.4, 0.5) is 0 Å². The van der Waals surface area contributed by atoms with Crippen LogP contribution in [0, 0.1) is 0 Å². The molecular formula is C21H24N2O4. The topological polar surface area (TPSA) is 60.9 Å². The number of aromatic nitrogens is 1. The van der Waals surface area contributed by atoms with Gasteiger partial charge in [0.25, 0.3) is 5.91 Å². The van der Waals surface area contributed by atoms with E-state index in [0.717, 1.165) is 31.4 Å². The highest BCUT2D eigenvalue weighted by Crippen LogP contribution is 2.40. The highest BCUT2D eigenvalue weighted by atomic mass is 16.5. The Labute approximate surface area is 159 Å². The molecule has 4 rings (SSSR count). The fourth-order valence-electron chi connectivity index (χ4n) is 4.36. The number of fused-ring (bicyclic) bond motifs is 2. The molecule has 6 nitrogen and oxygen atoms in total. The molecule has 2 unspecified atom stereocenters.